The van der Waals surface area contributed by atoms with Crippen LogP contribution in [0.25, 0.3) is 10.4 Å². The third-order valence-electron chi connectivity index (χ3n) is 5.36. The molecule has 0 radical (unpaired) electrons. The number of hydrogen-bond acceptors (Lipinski definition) is 3. The first-order valence-electron chi connectivity index (χ1n) is 9.98. The molecule has 1 amide bonds. The molecule has 30 heavy (non-hydrogen) atoms. The molecule has 0 spiro atoms. The predicted octanol–water partition coefficient (Wildman–Crippen LogP) is 6.61. The van der Waals surface area contributed by atoms with Crippen LogP contribution in [-0.2, 0) is 4.79 Å². The maximum Gasteiger partial charge on any atom is 0.232 e. The quantitative estimate of drug-likeness (QED) is 0.387. The van der Waals surface area contributed by atoms with Gasteiger partial charge in [-0.15, -0.1) is 0 Å². The number of rotatable bonds is 6. The van der Waals surface area contributed by atoms with E-state index in [4.69, 9.17) is 0 Å². The van der Waals surface area contributed by atoms with E-state index in [1.54, 1.807) is 0 Å². The molecule has 1 N–H and O–H groups in total. The molecule has 1 heterocycles. The second-order valence-electron chi connectivity index (χ2n) is 7.83. The van der Waals surface area contributed by atoms with Gasteiger partial charge in [-0.25, -0.2) is 4.98 Å². The molecule has 0 bridgehead atoms. The van der Waals surface area contributed by atoms with Gasteiger partial charge in [-0.1, -0.05) is 116 Å². The third-order valence-corrected chi connectivity index (χ3v) is 6.32. The van der Waals surface area contributed by atoms with Gasteiger partial charge in [0, 0.05) is 12.1 Å². The molecule has 4 heteroatoms. The second-order valence-corrected chi connectivity index (χ2v) is 8.86. The molecular weight excluding hydrogens is 388 g/mol. The smallest absolute Gasteiger partial charge is 0.232 e. The standard InChI is InChI=1S/C26H24N2OS/c1-26(2,23(20-14-8-4-9-15-20)21-16-10-5-11-17-21)24(29)28-25-27-18-22(30-25)19-12-6-3-7-13-19/h3-18,23H,1-2H3,(H,27,28,29). The number of thiazole rings is 1. The van der Waals surface area contributed by atoms with Crippen LogP contribution in [0.2, 0.25) is 0 Å². The van der Waals surface area contributed by atoms with E-state index < -0.39 is 5.41 Å². The SMILES string of the molecule is CC(C)(C(=O)Nc1ncc(-c2ccccc2)s1)C(c1ccccc1)c1ccccc1. The summed E-state index contributed by atoms with van der Waals surface area (Å²) in [6, 6.07) is 30.5. The van der Waals surface area contributed by atoms with Gasteiger partial charge in [-0.05, 0) is 16.7 Å². The average molecular weight is 413 g/mol. The van der Waals surface area contributed by atoms with E-state index in [9.17, 15) is 4.79 Å². The summed E-state index contributed by atoms with van der Waals surface area (Å²) in [4.78, 5) is 18.9. The lowest BCUT2D eigenvalue weighted by Gasteiger charge is -2.33. The molecule has 3 aromatic carbocycles. The summed E-state index contributed by atoms with van der Waals surface area (Å²) in [5.41, 5.74) is 2.66. The molecule has 0 saturated carbocycles. The highest BCUT2D eigenvalue weighted by Crippen LogP contribution is 2.42. The fourth-order valence-electron chi connectivity index (χ4n) is 3.77. The van der Waals surface area contributed by atoms with E-state index in [2.05, 4.69) is 34.6 Å². The molecule has 0 aliphatic carbocycles. The second kappa shape index (κ2) is 8.64. The number of nitrogens with one attached hydrogen (secondary N) is 1. The fourth-order valence-corrected chi connectivity index (χ4v) is 4.59. The van der Waals surface area contributed by atoms with Gasteiger partial charge in [0.1, 0.15) is 0 Å². The summed E-state index contributed by atoms with van der Waals surface area (Å²) in [6.45, 7) is 4.00. The Morgan fingerprint density at radius 3 is 1.87 bits per heavy atom. The largest absolute Gasteiger partial charge is 0.301 e. The number of carbonyl (C=O) groups excluding carboxylic acids is 1. The topological polar surface area (TPSA) is 42.0 Å². The van der Waals surface area contributed by atoms with Gasteiger partial charge in [-0.2, -0.15) is 0 Å². The first kappa shape index (κ1) is 20.0. The normalized spacial score (nSPS) is 11.4. The Hall–Kier alpha value is -3.24. The minimum Gasteiger partial charge on any atom is -0.301 e. The molecule has 1 aromatic heterocycles. The molecule has 0 saturated heterocycles. The average Bonchev–Trinajstić information content (AvgIpc) is 3.24. The van der Waals surface area contributed by atoms with Crippen molar-refractivity contribution in [2.24, 2.45) is 5.41 Å². The van der Waals surface area contributed by atoms with Gasteiger partial charge in [-0.3, -0.25) is 4.79 Å². The van der Waals surface area contributed by atoms with Gasteiger partial charge < -0.3 is 5.32 Å². The summed E-state index contributed by atoms with van der Waals surface area (Å²) >= 11 is 1.49. The number of benzene rings is 3. The molecule has 150 valence electrons. The number of anilines is 1. The van der Waals surface area contributed by atoms with Crippen molar-refractivity contribution in [3.63, 3.8) is 0 Å². The van der Waals surface area contributed by atoms with E-state index in [1.165, 1.54) is 11.3 Å². The van der Waals surface area contributed by atoms with Crippen molar-refractivity contribution >= 4 is 22.4 Å². The van der Waals surface area contributed by atoms with Crippen LogP contribution in [0.1, 0.15) is 30.9 Å². The summed E-state index contributed by atoms with van der Waals surface area (Å²) < 4.78 is 0. The highest BCUT2D eigenvalue weighted by atomic mass is 32.1. The van der Waals surface area contributed by atoms with E-state index in [0.717, 1.165) is 21.6 Å². The minimum absolute atomic E-state index is 0.0471. The zero-order chi connectivity index (χ0) is 21.0. The van der Waals surface area contributed by atoms with Crippen molar-refractivity contribution < 1.29 is 4.79 Å². The lowest BCUT2D eigenvalue weighted by molar-refractivity contribution is -0.124. The lowest BCUT2D eigenvalue weighted by atomic mass is 9.70. The summed E-state index contributed by atoms with van der Waals surface area (Å²) in [6.07, 6.45) is 1.81. The van der Waals surface area contributed by atoms with Gasteiger partial charge in [0.05, 0.1) is 10.3 Å². The van der Waals surface area contributed by atoms with Crippen LogP contribution in [0.5, 0.6) is 0 Å². The van der Waals surface area contributed by atoms with Crippen molar-refractivity contribution in [3.8, 4) is 10.4 Å². The Balaban J connectivity index is 1.62. The van der Waals surface area contributed by atoms with E-state index in [-0.39, 0.29) is 11.8 Å². The number of nitrogens with zero attached hydrogens (tertiary/aromatic N) is 1. The Labute approximate surface area is 181 Å². The van der Waals surface area contributed by atoms with Crippen LogP contribution in [0.3, 0.4) is 0 Å². The van der Waals surface area contributed by atoms with Crippen LogP contribution in [-0.4, -0.2) is 10.9 Å². The zero-order valence-electron chi connectivity index (χ0n) is 17.1. The van der Waals surface area contributed by atoms with E-state index >= 15 is 0 Å². The van der Waals surface area contributed by atoms with Crippen molar-refractivity contribution in [1.29, 1.82) is 0 Å². The molecular formula is C26H24N2OS. The predicted molar refractivity (Wildman–Crippen MR) is 125 cm³/mol. The molecule has 0 fully saturated rings. The van der Waals surface area contributed by atoms with E-state index in [1.807, 2.05) is 86.8 Å². The van der Waals surface area contributed by atoms with Crippen molar-refractivity contribution in [2.45, 2.75) is 19.8 Å². The summed E-state index contributed by atoms with van der Waals surface area (Å²) in [7, 11) is 0. The molecule has 3 nitrogen and oxygen atoms in total. The Morgan fingerprint density at radius 2 is 1.33 bits per heavy atom. The van der Waals surface area contributed by atoms with Crippen LogP contribution < -0.4 is 5.32 Å². The molecule has 4 aromatic rings. The first-order chi connectivity index (χ1) is 14.6. The van der Waals surface area contributed by atoms with E-state index in [0.29, 0.717) is 5.13 Å². The van der Waals surface area contributed by atoms with Gasteiger partial charge in [0.2, 0.25) is 5.91 Å². The molecule has 0 aliphatic rings. The highest BCUT2D eigenvalue weighted by Gasteiger charge is 2.39. The lowest BCUT2D eigenvalue weighted by Crippen LogP contribution is -2.37. The molecule has 0 aliphatic heterocycles. The molecule has 0 atom stereocenters. The Bertz CT molecular complexity index is 1070. The number of aromatic nitrogens is 1. The Kier molecular flexibility index (Phi) is 5.77. The fraction of sp³-hybridized carbons (Fsp3) is 0.154. The van der Waals surface area contributed by atoms with Crippen molar-refractivity contribution in [1.82, 2.24) is 4.98 Å². The third kappa shape index (κ3) is 4.19. The number of amides is 1. The zero-order valence-corrected chi connectivity index (χ0v) is 17.9. The van der Waals surface area contributed by atoms with Gasteiger partial charge in [0.25, 0.3) is 0 Å². The molecule has 0 unspecified atom stereocenters. The summed E-state index contributed by atoms with van der Waals surface area (Å²) in [5, 5.41) is 3.68. The minimum atomic E-state index is -0.679. The maximum absolute atomic E-state index is 13.4. The van der Waals surface area contributed by atoms with Crippen LogP contribution in [0.4, 0.5) is 5.13 Å². The van der Waals surface area contributed by atoms with Gasteiger partial charge in [0.15, 0.2) is 5.13 Å². The van der Waals surface area contributed by atoms with Crippen LogP contribution >= 0.6 is 11.3 Å². The maximum atomic E-state index is 13.4. The van der Waals surface area contributed by atoms with Crippen LogP contribution in [0, 0.1) is 5.41 Å². The monoisotopic (exact) mass is 412 g/mol. The van der Waals surface area contributed by atoms with Crippen molar-refractivity contribution in [2.75, 3.05) is 5.32 Å². The number of carbonyl (C=O) groups is 1. The van der Waals surface area contributed by atoms with Gasteiger partial charge >= 0.3 is 0 Å². The highest BCUT2D eigenvalue weighted by molar-refractivity contribution is 7.19. The Morgan fingerprint density at radius 1 is 0.833 bits per heavy atom. The number of hydrogen-bond donors (Lipinski definition) is 1. The van der Waals surface area contributed by atoms with Crippen LogP contribution in [0.15, 0.2) is 97.2 Å². The first-order valence-corrected chi connectivity index (χ1v) is 10.8. The van der Waals surface area contributed by atoms with Crippen molar-refractivity contribution in [3.05, 3.63) is 108 Å². The summed E-state index contributed by atoms with van der Waals surface area (Å²) in [5.74, 6) is -0.123. The molecule has 4 rings (SSSR count).